The minimum atomic E-state index is -2.97. The molecule has 0 unspecified atom stereocenters. The summed E-state index contributed by atoms with van der Waals surface area (Å²) in [6.07, 6.45) is 0. The zero-order valence-corrected chi connectivity index (χ0v) is 17.1. The van der Waals surface area contributed by atoms with E-state index < -0.39 is 12.5 Å². The van der Waals surface area contributed by atoms with Gasteiger partial charge in [-0.15, -0.1) is 11.3 Å². The lowest BCUT2D eigenvalue weighted by Gasteiger charge is -2.12. The molecule has 1 aromatic heterocycles. The van der Waals surface area contributed by atoms with E-state index in [1.54, 1.807) is 25.1 Å². The Hall–Kier alpha value is -2.93. The Morgan fingerprint density at radius 1 is 1.03 bits per heavy atom. The Morgan fingerprint density at radius 3 is 2.45 bits per heavy atom. The molecule has 0 aliphatic heterocycles. The monoisotopic (exact) mass is 417 g/mol. The van der Waals surface area contributed by atoms with E-state index >= 15 is 0 Å². The quantitative estimate of drug-likeness (QED) is 0.505. The summed E-state index contributed by atoms with van der Waals surface area (Å²) < 4.78 is 35.5. The molecule has 3 rings (SSSR count). The van der Waals surface area contributed by atoms with Crippen LogP contribution in [0.5, 0.6) is 11.5 Å². The Labute approximate surface area is 172 Å². The smallest absolute Gasteiger partial charge is 0.387 e. The van der Waals surface area contributed by atoms with Crippen molar-refractivity contribution < 1.29 is 23.0 Å². The minimum absolute atomic E-state index is 0.0751. The van der Waals surface area contributed by atoms with Gasteiger partial charge in [0.05, 0.1) is 10.6 Å². The molecule has 1 amide bonds. The van der Waals surface area contributed by atoms with Gasteiger partial charge in [0, 0.05) is 5.56 Å². The van der Waals surface area contributed by atoms with Gasteiger partial charge >= 0.3 is 6.61 Å². The van der Waals surface area contributed by atoms with Crippen LogP contribution in [0.25, 0.3) is 0 Å². The van der Waals surface area contributed by atoms with Gasteiger partial charge in [-0.25, -0.2) is 0 Å². The SMILES string of the molecule is Cc1cc(C)cc(OCc2csc(C(=O)Nc3cc(C)ccc3OC(F)F)c2)c1. The van der Waals surface area contributed by atoms with Crippen LogP contribution < -0.4 is 14.8 Å². The van der Waals surface area contributed by atoms with Crippen molar-refractivity contribution in [3.05, 3.63) is 75.0 Å². The van der Waals surface area contributed by atoms with Gasteiger partial charge < -0.3 is 14.8 Å². The number of amides is 1. The van der Waals surface area contributed by atoms with Crippen LogP contribution in [0.4, 0.5) is 14.5 Å². The van der Waals surface area contributed by atoms with Crippen molar-refractivity contribution in [1.29, 1.82) is 0 Å². The zero-order valence-electron chi connectivity index (χ0n) is 16.3. The number of alkyl halides is 2. The van der Waals surface area contributed by atoms with Crippen LogP contribution in [0.3, 0.4) is 0 Å². The molecule has 0 saturated carbocycles. The largest absolute Gasteiger partial charge is 0.489 e. The maximum Gasteiger partial charge on any atom is 0.387 e. The van der Waals surface area contributed by atoms with E-state index in [0.717, 1.165) is 28.0 Å². The molecule has 0 radical (unpaired) electrons. The molecule has 0 saturated heterocycles. The predicted octanol–water partition coefficient (Wildman–Crippen LogP) is 6.11. The Kier molecular flexibility index (Phi) is 6.49. The normalized spacial score (nSPS) is 10.8. The molecular formula is C22H21F2NO3S. The molecule has 0 fully saturated rings. The summed E-state index contributed by atoms with van der Waals surface area (Å²) in [6, 6.07) is 12.3. The second-order valence-corrected chi connectivity index (χ2v) is 7.67. The number of ether oxygens (including phenoxy) is 2. The topological polar surface area (TPSA) is 47.6 Å². The third-order valence-corrected chi connectivity index (χ3v) is 5.06. The molecule has 29 heavy (non-hydrogen) atoms. The Morgan fingerprint density at radius 2 is 1.76 bits per heavy atom. The second kappa shape index (κ2) is 9.05. The fraction of sp³-hybridized carbons (Fsp3) is 0.227. The summed E-state index contributed by atoms with van der Waals surface area (Å²) in [5.41, 5.74) is 4.11. The summed E-state index contributed by atoms with van der Waals surface area (Å²) >= 11 is 1.26. The summed E-state index contributed by atoms with van der Waals surface area (Å²) in [5, 5.41) is 4.49. The van der Waals surface area contributed by atoms with E-state index in [9.17, 15) is 13.6 Å². The number of aryl methyl sites for hydroxylation is 3. The summed E-state index contributed by atoms with van der Waals surface area (Å²) in [6.45, 7) is 3.17. The number of benzene rings is 2. The second-order valence-electron chi connectivity index (χ2n) is 6.76. The first-order chi connectivity index (χ1) is 13.8. The molecule has 152 valence electrons. The Bertz CT molecular complexity index is 997. The number of hydrogen-bond donors (Lipinski definition) is 1. The van der Waals surface area contributed by atoms with Crippen molar-refractivity contribution in [2.45, 2.75) is 34.0 Å². The van der Waals surface area contributed by atoms with E-state index in [4.69, 9.17) is 4.74 Å². The van der Waals surface area contributed by atoms with Crippen molar-refractivity contribution in [2.24, 2.45) is 0 Å². The van der Waals surface area contributed by atoms with Crippen LogP contribution in [0.2, 0.25) is 0 Å². The highest BCUT2D eigenvalue weighted by molar-refractivity contribution is 7.12. The van der Waals surface area contributed by atoms with Crippen LogP contribution >= 0.6 is 11.3 Å². The van der Waals surface area contributed by atoms with Crippen molar-refractivity contribution in [1.82, 2.24) is 0 Å². The van der Waals surface area contributed by atoms with E-state index in [1.165, 1.54) is 17.4 Å². The predicted molar refractivity (Wildman–Crippen MR) is 110 cm³/mol. The highest BCUT2D eigenvalue weighted by Crippen LogP contribution is 2.28. The Balaban J connectivity index is 1.67. The van der Waals surface area contributed by atoms with Gasteiger partial charge in [-0.1, -0.05) is 12.1 Å². The van der Waals surface area contributed by atoms with Crippen LogP contribution in [0, 0.1) is 20.8 Å². The maximum atomic E-state index is 12.6. The zero-order chi connectivity index (χ0) is 21.0. The van der Waals surface area contributed by atoms with Gasteiger partial charge in [0.15, 0.2) is 0 Å². The molecular weight excluding hydrogens is 396 g/mol. The first-order valence-corrected chi connectivity index (χ1v) is 9.83. The average molecular weight is 417 g/mol. The van der Waals surface area contributed by atoms with Gasteiger partial charge in [0.1, 0.15) is 18.1 Å². The molecule has 0 spiro atoms. The molecule has 2 aromatic carbocycles. The molecule has 1 heterocycles. The number of hydrogen-bond acceptors (Lipinski definition) is 4. The molecule has 4 nitrogen and oxygen atoms in total. The van der Waals surface area contributed by atoms with Gasteiger partial charge in [-0.3, -0.25) is 4.79 Å². The van der Waals surface area contributed by atoms with Gasteiger partial charge in [-0.05, 0) is 73.2 Å². The maximum absolute atomic E-state index is 12.6. The molecule has 7 heteroatoms. The third-order valence-electron chi connectivity index (χ3n) is 4.08. The van der Waals surface area contributed by atoms with E-state index in [1.807, 2.05) is 31.4 Å². The van der Waals surface area contributed by atoms with E-state index in [2.05, 4.69) is 16.1 Å². The highest BCUT2D eigenvalue weighted by Gasteiger charge is 2.15. The molecule has 0 atom stereocenters. The lowest BCUT2D eigenvalue weighted by molar-refractivity contribution is -0.0493. The van der Waals surface area contributed by atoms with Crippen molar-refractivity contribution >= 4 is 22.9 Å². The number of carbonyl (C=O) groups is 1. The molecule has 1 N–H and O–H groups in total. The molecule has 0 bridgehead atoms. The third kappa shape index (κ3) is 5.77. The first-order valence-electron chi connectivity index (χ1n) is 8.95. The number of carbonyl (C=O) groups excluding carboxylic acids is 1. The fourth-order valence-corrected chi connectivity index (χ4v) is 3.67. The van der Waals surface area contributed by atoms with Crippen LogP contribution in [0.15, 0.2) is 47.8 Å². The first kappa shape index (κ1) is 20.8. The number of thiophene rings is 1. The van der Waals surface area contributed by atoms with Crippen molar-refractivity contribution in [3.63, 3.8) is 0 Å². The van der Waals surface area contributed by atoms with Gasteiger partial charge in [0.25, 0.3) is 5.91 Å². The molecule has 0 aliphatic carbocycles. The van der Waals surface area contributed by atoms with Gasteiger partial charge in [-0.2, -0.15) is 8.78 Å². The summed E-state index contributed by atoms with van der Waals surface area (Å²) in [5.74, 6) is 0.305. The van der Waals surface area contributed by atoms with Crippen molar-refractivity contribution in [3.8, 4) is 11.5 Å². The number of halogens is 2. The highest BCUT2D eigenvalue weighted by atomic mass is 32.1. The van der Waals surface area contributed by atoms with Crippen LogP contribution in [-0.4, -0.2) is 12.5 Å². The average Bonchev–Trinajstić information content (AvgIpc) is 3.10. The van der Waals surface area contributed by atoms with E-state index in [-0.39, 0.29) is 11.4 Å². The summed E-state index contributed by atoms with van der Waals surface area (Å²) in [4.78, 5) is 13.0. The standard InChI is InChI=1S/C22H21F2NO3S/c1-13-4-5-19(28-22(23)24)18(9-13)25-21(26)20-10-16(12-29-20)11-27-17-7-14(2)6-15(3)8-17/h4-10,12,22H,11H2,1-3H3,(H,25,26). The summed E-state index contributed by atoms with van der Waals surface area (Å²) in [7, 11) is 0. The number of nitrogens with one attached hydrogen (secondary N) is 1. The number of anilines is 1. The van der Waals surface area contributed by atoms with E-state index in [0.29, 0.717) is 11.5 Å². The number of rotatable bonds is 7. The molecule has 3 aromatic rings. The van der Waals surface area contributed by atoms with Crippen molar-refractivity contribution in [2.75, 3.05) is 5.32 Å². The minimum Gasteiger partial charge on any atom is -0.489 e. The lowest BCUT2D eigenvalue weighted by atomic mass is 10.1. The fourth-order valence-electron chi connectivity index (χ4n) is 2.88. The molecule has 0 aliphatic rings. The van der Waals surface area contributed by atoms with Gasteiger partial charge in [0.2, 0.25) is 0 Å². The van der Waals surface area contributed by atoms with Crippen LogP contribution in [-0.2, 0) is 6.61 Å². The van der Waals surface area contributed by atoms with Crippen LogP contribution in [0.1, 0.15) is 31.9 Å². The lowest BCUT2D eigenvalue weighted by Crippen LogP contribution is -2.13.